The fourth-order valence-corrected chi connectivity index (χ4v) is 2.45. The molecule has 1 saturated carbocycles. The van der Waals surface area contributed by atoms with E-state index in [1.165, 1.54) is 37.8 Å². The molecule has 2 nitrogen and oxygen atoms in total. The fourth-order valence-electron chi connectivity index (χ4n) is 2.45. The minimum atomic E-state index is -0.259. The van der Waals surface area contributed by atoms with Crippen LogP contribution in [0.5, 0.6) is 0 Å². The third-order valence-corrected chi connectivity index (χ3v) is 3.48. The van der Waals surface area contributed by atoms with E-state index in [0.717, 1.165) is 12.1 Å². The van der Waals surface area contributed by atoms with Gasteiger partial charge in [-0.1, -0.05) is 18.9 Å². The maximum absolute atomic E-state index is 12.9. The molecule has 0 aliphatic heterocycles. The minimum Gasteiger partial charge on any atom is -0.398 e. The summed E-state index contributed by atoms with van der Waals surface area (Å²) in [6.07, 6.45) is 5.21. The van der Waals surface area contributed by atoms with E-state index >= 15 is 0 Å². The van der Waals surface area contributed by atoms with Gasteiger partial charge in [-0.05, 0) is 37.6 Å². The molecule has 16 heavy (non-hydrogen) atoms. The van der Waals surface area contributed by atoms with Crippen molar-refractivity contribution >= 4 is 5.69 Å². The lowest BCUT2D eigenvalue weighted by Crippen LogP contribution is -2.28. The van der Waals surface area contributed by atoms with Gasteiger partial charge < -0.3 is 5.73 Å². The zero-order valence-corrected chi connectivity index (χ0v) is 9.75. The third kappa shape index (κ3) is 2.53. The predicted octanol–water partition coefficient (Wildman–Crippen LogP) is 2.78. The first-order chi connectivity index (χ1) is 7.66. The molecule has 2 rings (SSSR count). The van der Waals surface area contributed by atoms with Crippen molar-refractivity contribution in [3.8, 4) is 0 Å². The van der Waals surface area contributed by atoms with Crippen LogP contribution in [0.3, 0.4) is 0 Å². The summed E-state index contributed by atoms with van der Waals surface area (Å²) in [7, 11) is 2.12. The Labute approximate surface area is 96.2 Å². The molecule has 1 aromatic rings. The smallest absolute Gasteiger partial charge is 0.125 e. The number of benzene rings is 1. The van der Waals surface area contributed by atoms with Crippen LogP contribution in [0.15, 0.2) is 18.2 Å². The Morgan fingerprint density at radius 2 is 2.06 bits per heavy atom. The normalized spacial score (nSPS) is 17.2. The number of nitrogen functional groups attached to an aromatic ring is 1. The Morgan fingerprint density at radius 3 is 2.69 bits per heavy atom. The van der Waals surface area contributed by atoms with Gasteiger partial charge in [0.1, 0.15) is 5.82 Å². The largest absolute Gasteiger partial charge is 0.398 e. The molecule has 0 spiro atoms. The zero-order chi connectivity index (χ0) is 11.5. The van der Waals surface area contributed by atoms with Crippen molar-refractivity contribution in [2.24, 2.45) is 0 Å². The molecule has 0 radical (unpaired) electrons. The molecule has 0 saturated heterocycles. The summed E-state index contributed by atoms with van der Waals surface area (Å²) >= 11 is 0. The summed E-state index contributed by atoms with van der Waals surface area (Å²) in [6, 6.07) is 5.34. The summed E-state index contributed by atoms with van der Waals surface area (Å²) in [5.41, 5.74) is 7.39. The molecule has 0 unspecified atom stereocenters. The van der Waals surface area contributed by atoms with Gasteiger partial charge in [0.05, 0.1) is 0 Å². The number of hydrogen-bond donors (Lipinski definition) is 1. The quantitative estimate of drug-likeness (QED) is 0.797. The van der Waals surface area contributed by atoms with Crippen LogP contribution in [0.2, 0.25) is 0 Å². The molecule has 0 atom stereocenters. The first kappa shape index (κ1) is 11.4. The van der Waals surface area contributed by atoms with Gasteiger partial charge in [0.15, 0.2) is 0 Å². The molecular formula is C13H19FN2. The van der Waals surface area contributed by atoms with Gasteiger partial charge in [0, 0.05) is 18.3 Å². The van der Waals surface area contributed by atoms with Gasteiger partial charge in [-0.2, -0.15) is 0 Å². The van der Waals surface area contributed by atoms with E-state index in [4.69, 9.17) is 5.73 Å². The van der Waals surface area contributed by atoms with E-state index in [9.17, 15) is 4.39 Å². The third-order valence-electron chi connectivity index (χ3n) is 3.48. The van der Waals surface area contributed by atoms with E-state index in [-0.39, 0.29) is 5.82 Å². The number of nitrogens with two attached hydrogens (primary N) is 1. The van der Waals surface area contributed by atoms with E-state index in [0.29, 0.717) is 11.7 Å². The van der Waals surface area contributed by atoms with E-state index in [1.54, 1.807) is 6.07 Å². The molecule has 0 bridgehead atoms. The Bertz CT molecular complexity index is 359. The number of hydrogen-bond acceptors (Lipinski definition) is 2. The Balaban J connectivity index is 2.02. The Hall–Kier alpha value is -1.09. The van der Waals surface area contributed by atoms with Crippen molar-refractivity contribution in [3.05, 3.63) is 29.6 Å². The summed E-state index contributed by atoms with van der Waals surface area (Å²) in [5, 5.41) is 0. The van der Waals surface area contributed by atoms with Gasteiger partial charge in [-0.15, -0.1) is 0 Å². The minimum absolute atomic E-state index is 0.259. The summed E-state index contributed by atoms with van der Waals surface area (Å²) < 4.78 is 12.9. The lowest BCUT2D eigenvalue weighted by molar-refractivity contribution is 0.238. The van der Waals surface area contributed by atoms with E-state index in [2.05, 4.69) is 11.9 Å². The second kappa shape index (κ2) is 4.83. The highest BCUT2D eigenvalue weighted by atomic mass is 19.1. The van der Waals surface area contributed by atoms with Crippen molar-refractivity contribution < 1.29 is 4.39 Å². The van der Waals surface area contributed by atoms with Crippen LogP contribution in [0, 0.1) is 5.82 Å². The van der Waals surface area contributed by atoms with E-state index < -0.39 is 0 Å². The van der Waals surface area contributed by atoms with Crippen LogP contribution < -0.4 is 5.73 Å². The number of anilines is 1. The molecule has 1 aromatic carbocycles. The van der Waals surface area contributed by atoms with Crippen LogP contribution >= 0.6 is 0 Å². The van der Waals surface area contributed by atoms with Crippen LogP contribution in [0.4, 0.5) is 10.1 Å². The topological polar surface area (TPSA) is 29.3 Å². The highest BCUT2D eigenvalue weighted by molar-refractivity contribution is 5.46. The van der Waals surface area contributed by atoms with Crippen LogP contribution in [0.25, 0.3) is 0 Å². The molecule has 88 valence electrons. The summed E-state index contributed by atoms with van der Waals surface area (Å²) in [6.45, 7) is 0.816. The summed E-state index contributed by atoms with van der Waals surface area (Å²) in [5.74, 6) is -0.259. The molecule has 2 N–H and O–H groups in total. The standard InChI is InChI=1S/C13H19FN2/c1-16(12-4-2-3-5-12)9-10-6-7-11(14)8-13(10)15/h6-8,12H,2-5,9,15H2,1H3. The van der Waals surface area contributed by atoms with Gasteiger partial charge in [0.25, 0.3) is 0 Å². The van der Waals surface area contributed by atoms with Gasteiger partial charge in [0.2, 0.25) is 0 Å². The fraction of sp³-hybridized carbons (Fsp3) is 0.538. The van der Waals surface area contributed by atoms with Crippen molar-refractivity contribution in [2.45, 2.75) is 38.3 Å². The molecule has 0 heterocycles. The molecule has 1 aliphatic carbocycles. The second-order valence-corrected chi connectivity index (χ2v) is 4.70. The molecule has 1 fully saturated rings. The molecule has 0 amide bonds. The summed E-state index contributed by atoms with van der Waals surface area (Å²) in [4.78, 5) is 2.33. The van der Waals surface area contributed by atoms with Gasteiger partial charge in [-0.3, -0.25) is 4.90 Å². The highest BCUT2D eigenvalue weighted by Crippen LogP contribution is 2.24. The molecular weight excluding hydrogens is 203 g/mol. The average molecular weight is 222 g/mol. The van der Waals surface area contributed by atoms with Crippen LogP contribution in [-0.2, 0) is 6.54 Å². The van der Waals surface area contributed by atoms with Gasteiger partial charge >= 0.3 is 0 Å². The van der Waals surface area contributed by atoms with Crippen molar-refractivity contribution in [1.29, 1.82) is 0 Å². The average Bonchev–Trinajstić information content (AvgIpc) is 2.75. The number of halogens is 1. The van der Waals surface area contributed by atoms with Crippen LogP contribution in [-0.4, -0.2) is 18.0 Å². The molecule has 0 aromatic heterocycles. The first-order valence-electron chi connectivity index (χ1n) is 5.91. The first-order valence-corrected chi connectivity index (χ1v) is 5.91. The molecule has 3 heteroatoms. The van der Waals surface area contributed by atoms with Crippen LogP contribution in [0.1, 0.15) is 31.2 Å². The SMILES string of the molecule is CN(Cc1ccc(F)cc1N)C1CCCC1. The highest BCUT2D eigenvalue weighted by Gasteiger charge is 2.19. The lowest BCUT2D eigenvalue weighted by Gasteiger charge is -2.24. The zero-order valence-electron chi connectivity index (χ0n) is 9.75. The van der Waals surface area contributed by atoms with Crippen molar-refractivity contribution in [1.82, 2.24) is 4.90 Å². The van der Waals surface area contributed by atoms with Crippen molar-refractivity contribution in [3.63, 3.8) is 0 Å². The monoisotopic (exact) mass is 222 g/mol. The lowest BCUT2D eigenvalue weighted by atomic mass is 10.1. The maximum atomic E-state index is 12.9. The molecule has 1 aliphatic rings. The van der Waals surface area contributed by atoms with Crippen molar-refractivity contribution in [2.75, 3.05) is 12.8 Å². The predicted molar refractivity (Wildman–Crippen MR) is 64.5 cm³/mol. The number of nitrogens with zero attached hydrogens (tertiary/aromatic N) is 1. The van der Waals surface area contributed by atoms with E-state index in [1.807, 2.05) is 0 Å². The van der Waals surface area contributed by atoms with Gasteiger partial charge in [-0.25, -0.2) is 4.39 Å². The Kier molecular flexibility index (Phi) is 3.44. The Morgan fingerprint density at radius 1 is 1.38 bits per heavy atom. The number of rotatable bonds is 3. The maximum Gasteiger partial charge on any atom is 0.125 e. The second-order valence-electron chi connectivity index (χ2n) is 4.70.